The van der Waals surface area contributed by atoms with Gasteiger partial charge in [0.2, 0.25) is 10.0 Å². The van der Waals surface area contributed by atoms with Gasteiger partial charge in [-0.3, -0.25) is 4.79 Å². The summed E-state index contributed by atoms with van der Waals surface area (Å²) in [4.78, 5) is 16.4. The number of carbonyl (C=O) groups excluding carboxylic acids is 1. The Hall–Kier alpha value is -2.27. The van der Waals surface area contributed by atoms with Gasteiger partial charge < -0.3 is 19.7 Å². The van der Waals surface area contributed by atoms with E-state index in [0.29, 0.717) is 56.4 Å². The Morgan fingerprint density at radius 3 is 2.45 bits per heavy atom. The summed E-state index contributed by atoms with van der Waals surface area (Å²) in [5.41, 5.74) is 1.57. The minimum atomic E-state index is -3.68. The van der Waals surface area contributed by atoms with E-state index >= 15 is 0 Å². The van der Waals surface area contributed by atoms with Gasteiger partial charge in [0.25, 0.3) is 5.91 Å². The first-order valence-electron chi connectivity index (χ1n) is 10.9. The van der Waals surface area contributed by atoms with Crippen LogP contribution in [-0.2, 0) is 14.8 Å². The molecule has 1 heterocycles. The van der Waals surface area contributed by atoms with E-state index in [-0.39, 0.29) is 10.8 Å². The Kier molecular flexibility index (Phi) is 8.63. The van der Waals surface area contributed by atoms with Crippen LogP contribution in [0.3, 0.4) is 0 Å². The third kappa shape index (κ3) is 5.63. The van der Waals surface area contributed by atoms with E-state index in [1.54, 1.807) is 49.9 Å². The second kappa shape index (κ2) is 11.2. The van der Waals surface area contributed by atoms with Crippen molar-refractivity contribution < 1.29 is 22.7 Å². The van der Waals surface area contributed by atoms with Crippen LogP contribution in [0.2, 0.25) is 0 Å². The van der Waals surface area contributed by atoms with Crippen molar-refractivity contribution in [1.29, 1.82) is 0 Å². The van der Waals surface area contributed by atoms with Crippen molar-refractivity contribution in [3.05, 3.63) is 42.0 Å². The molecule has 1 aliphatic heterocycles. The van der Waals surface area contributed by atoms with Gasteiger partial charge >= 0.3 is 0 Å². The van der Waals surface area contributed by atoms with Gasteiger partial charge in [-0.25, -0.2) is 8.42 Å². The molecule has 1 aliphatic rings. The number of rotatable bonds is 9. The van der Waals surface area contributed by atoms with Crippen LogP contribution in [0.1, 0.15) is 24.2 Å². The molecule has 10 heteroatoms. The molecule has 0 saturated carbocycles. The van der Waals surface area contributed by atoms with Crippen LogP contribution in [-0.4, -0.2) is 71.4 Å². The molecule has 2 aromatic carbocycles. The summed E-state index contributed by atoms with van der Waals surface area (Å²) >= 11 is 1.55. The molecular formula is C23H31N3O5S2. The van der Waals surface area contributed by atoms with Gasteiger partial charge in [-0.2, -0.15) is 4.31 Å². The summed E-state index contributed by atoms with van der Waals surface area (Å²) in [7, 11) is -2.16. The molecule has 8 nitrogen and oxygen atoms in total. The van der Waals surface area contributed by atoms with Crippen LogP contribution in [0.4, 0.5) is 11.4 Å². The fourth-order valence-corrected chi connectivity index (χ4v) is 5.66. The van der Waals surface area contributed by atoms with E-state index in [9.17, 15) is 13.2 Å². The molecule has 1 amide bonds. The Balaban J connectivity index is 2.03. The highest BCUT2D eigenvalue weighted by Crippen LogP contribution is 2.32. The minimum Gasteiger partial charge on any atom is -0.496 e. The highest BCUT2D eigenvalue weighted by molar-refractivity contribution is 7.98. The van der Waals surface area contributed by atoms with Crippen LogP contribution in [0, 0.1) is 0 Å². The van der Waals surface area contributed by atoms with E-state index < -0.39 is 10.0 Å². The van der Waals surface area contributed by atoms with E-state index in [0.717, 1.165) is 10.6 Å². The van der Waals surface area contributed by atoms with Crippen LogP contribution < -0.4 is 15.0 Å². The summed E-state index contributed by atoms with van der Waals surface area (Å²) in [6.45, 7) is 6.77. The number of methoxy groups -OCH3 is 1. The average Bonchev–Trinajstić information content (AvgIpc) is 2.84. The lowest BCUT2D eigenvalue weighted by molar-refractivity contribution is 0.102. The summed E-state index contributed by atoms with van der Waals surface area (Å²) in [6.07, 6.45) is 1.95. The number of nitrogens with zero attached hydrogens (tertiary/aromatic N) is 2. The van der Waals surface area contributed by atoms with E-state index in [2.05, 4.69) is 10.2 Å². The molecule has 3 rings (SSSR count). The van der Waals surface area contributed by atoms with Crippen molar-refractivity contribution >= 4 is 39.1 Å². The average molecular weight is 494 g/mol. The SMILES string of the molecule is CCN(CC)S(=O)(=O)c1ccc(N2CCOCC2)c(NC(=O)c2ccc(SC)cc2OC)c1. The third-order valence-corrected chi connectivity index (χ3v) is 8.34. The maximum Gasteiger partial charge on any atom is 0.259 e. The zero-order chi connectivity index (χ0) is 24.0. The van der Waals surface area contributed by atoms with Crippen molar-refractivity contribution in [3.63, 3.8) is 0 Å². The summed E-state index contributed by atoms with van der Waals surface area (Å²) < 4.78 is 38.5. The highest BCUT2D eigenvalue weighted by Gasteiger charge is 2.25. The number of anilines is 2. The number of hydrogen-bond donors (Lipinski definition) is 1. The van der Waals surface area contributed by atoms with Crippen molar-refractivity contribution in [2.75, 3.05) is 63.0 Å². The van der Waals surface area contributed by atoms with Gasteiger partial charge in [0.15, 0.2) is 0 Å². The first kappa shape index (κ1) is 25.4. The zero-order valence-electron chi connectivity index (χ0n) is 19.5. The molecule has 1 saturated heterocycles. The molecule has 0 radical (unpaired) electrons. The predicted molar refractivity (Wildman–Crippen MR) is 132 cm³/mol. The third-order valence-electron chi connectivity index (χ3n) is 5.56. The second-order valence-corrected chi connectivity index (χ2v) is 10.2. The highest BCUT2D eigenvalue weighted by atomic mass is 32.2. The van der Waals surface area contributed by atoms with Gasteiger partial charge in [-0.1, -0.05) is 13.8 Å². The molecule has 180 valence electrons. The fraction of sp³-hybridized carbons (Fsp3) is 0.435. The Labute approximate surface area is 200 Å². The van der Waals surface area contributed by atoms with E-state index in [1.807, 2.05) is 18.4 Å². The standard InChI is InChI=1S/C23H31N3O5S2/c1-5-26(6-2)33(28,29)18-8-10-21(25-11-13-31-14-12-25)20(16-18)24-23(27)19-9-7-17(32-4)15-22(19)30-3/h7-10,15-16H,5-6,11-14H2,1-4H3,(H,24,27). The number of sulfonamides is 1. The lowest BCUT2D eigenvalue weighted by Gasteiger charge is -2.31. The van der Waals surface area contributed by atoms with E-state index in [1.165, 1.54) is 11.4 Å². The Bertz CT molecular complexity index is 1080. The lowest BCUT2D eigenvalue weighted by atomic mass is 10.1. The molecule has 1 fully saturated rings. The Morgan fingerprint density at radius 2 is 1.85 bits per heavy atom. The number of benzene rings is 2. The second-order valence-electron chi connectivity index (χ2n) is 7.39. The van der Waals surface area contributed by atoms with Crippen LogP contribution in [0.25, 0.3) is 0 Å². The monoisotopic (exact) mass is 493 g/mol. The number of hydrogen-bond acceptors (Lipinski definition) is 7. The van der Waals surface area contributed by atoms with Crippen molar-refractivity contribution in [1.82, 2.24) is 4.31 Å². The number of nitrogens with one attached hydrogen (secondary N) is 1. The molecule has 2 aromatic rings. The number of ether oxygens (including phenoxy) is 2. The Morgan fingerprint density at radius 1 is 1.15 bits per heavy atom. The summed E-state index contributed by atoms with van der Waals surface area (Å²) in [6, 6.07) is 10.3. The molecule has 0 spiro atoms. The minimum absolute atomic E-state index is 0.142. The van der Waals surface area contributed by atoms with Crippen molar-refractivity contribution in [2.45, 2.75) is 23.6 Å². The largest absolute Gasteiger partial charge is 0.496 e. The van der Waals surface area contributed by atoms with Gasteiger partial charge in [0.05, 0.1) is 42.2 Å². The van der Waals surface area contributed by atoms with E-state index in [4.69, 9.17) is 9.47 Å². The van der Waals surface area contributed by atoms with Gasteiger partial charge in [0, 0.05) is 31.1 Å². The topological polar surface area (TPSA) is 88.2 Å². The maximum atomic E-state index is 13.2. The fourth-order valence-electron chi connectivity index (χ4n) is 3.74. The molecule has 33 heavy (non-hydrogen) atoms. The molecule has 0 bridgehead atoms. The molecule has 0 unspecified atom stereocenters. The van der Waals surface area contributed by atoms with Crippen LogP contribution in [0.15, 0.2) is 46.2 Å². The molecule has 0 aromatic heterocycles. The van der Waals surface area contributed by atoms with Gasteiger partial charge in [-0.15, -0.1) is 11.8 Å². The van der Waals surface area contributed by atoms with Crippen molar-refractivity contribution in [2.24, 2.45) is 0 Å². The number of morpholine rings is 1. The first-order valence-corrected chi connectivity index (χ1v) is 13.5. The molecule has 0 atom stereocenters. The van der Waals surface area contributed by atoms with Crippen LogP contribution in [0.5, 0.6) is 5.75 Å². The number of carbonyl (C=O) groups is 1. The molecule has 1 N–H and O–H groups in total. The van der Waals surface area contributed by atoms with Crippen molar-refractivity contribution in [3.8, 4) is 5.75 Å². The maximum absolute atomic E-state index is 13.2. The predicted octanol–water partition coefficient (Wildman–Crippen LogP) is 3.54. The van der Waals surface area contributed by atoms with Gasteiger partial charge in [-0.05, 0) is 42.7 Å². The smallest absolute Gasteiger partial charge is 0.259 e. The first-order chi connectivity index (χ1) is 15.8. The number of amides is 1. The molecule has 0 aliphatic carbocycles. The summed E-state index contributed by atoms with van der Waals surface area (Å²) in [5.74, 6) is 0.0885. The molecular weight excluding hydrogens is 462 g/mol. The zero-order valence-corrected chi connectivity index (χ0v) is 21.1. The lowest BCUT2D eigenvalue weighted by Crippen LogP contribution is -2.37. The summed E-state index contributed by atoms with van der Waals surface area (Å²) in [5, 5.41) is 2.93. The van der Waals surface area contributed by atoms with Crippen LogP contribution >= 0.6 is 11.8 Å². The normalized spacial score (nSPS) is 14.4. The quantitative estimate of drug-likeness (QED) is 0.535. The number of thioether (sulfide) groups is 1. The van der Waals surface area contributed by atoms with Gasteiger partial charge in [0.1, 0.15) is 5.75 Å².